The Kier molecular flexibility index (Phi) is 6.02. The highest BCUT2D eigenvalue weighted by Crippen LogP contribution is 2.30. The Morgan fingerprint density at radius 1 is 0.933 bits per heavy atom. The molecule has 6 heteroatoms. The van der Waals surface area contributed by atoms with Gasteiger partial charge in [-0.05, 0) is 61.4 Å². The molecule has 0 aliphatic carbocycles. The van der Waals surface area contributed by atoms with Gasteiger partial charge in [0.1, 0.15) is 0 Å². The Morgan fingerprint density at radius 2 is 1.67 bits per heavy atom. The minimum absolute atomic E-state index is 0.0586. The van der Waals surface area contributed by atoms with Gasteiger partial charge in [0, 0.05) is 16.1 Å². The van der Waals surface area contributed by atoms with Gasteiger partial charge in [-0.3, -0.25) is 9.36 Å². The molecule has 0 saturated carbocycles. The highest BCUT2D eigenvalue weighted by molar-refractivity contribution is 7.99. The van der Waals surface area contributed by atoms with Crippen LogP contribution in [0.4, 0.5) is 0 Å². The molecule has 0 N–H and O–H groups in total. The fourth-order valence-electron chi connectivity index (χ4n) is 3.08. The second-order valence-corrected chi connectivity index (χ2v) is 8.37. The first-order chi connectivity index (χ1) is 14.5. The highest BCUT2D eigenvalue weighted by Gasteiger charge is 2.18. The molecule has 3 aromatic carbocycles. The maximum absolute atomic E-state index is 12.6. The molecule has 0 saturated heterocycles. The Morgan fingerprint density at radius 3 is 2.37 bits per heavy atom. The van der Waals surface area contributed by atoms with E-state index in [-0.39, 0.29) is 11.5 Å². The maximum atomic E-state index is 12.6. The molecule has 0 amide bonds. The highest BCUT2D eigenvalue weighted by atomic mass is 35.5. The van der Waals surface area contributed by atoms with E-state index in [4.69, 9.17) is 11.6 Å². The van der Waals surface area contributed by atoms with Crippen molar-refractivity contribution in [2.45, 2.75) is 19.0 Å². The van der Waals surface area contributed by atoms with Crippen molar-refractivity contribution in [3.8, 4) is 17.1 Å². The molecule has 0 aliphatic rings. The topological polar surface area (TPSA) is 47.8 Å². The summed E-state index contributed by atoms with van der Waals surface area (Å²) < 4.78 is 2.00. The van der Waals surface area contributed by atoms with E-state index in [0.717, 1.165) is 11.3 Å². The van der Waals surface area contributed by atoms with E-state index in [9.17, 15) is 4.79 Å². The van der Waals surface area contributed by atoms with Crippen LogP contribution in [0.5, 0.6) is 0 Å². The van der Waals surface area contributed by atoms with Crippen molar-refractivity contribution < 1.29 is 4.79 Å². The Hall–Kier alpha value is -2.89. The third-order valence-electron chi connectivity index (χ3n) is 4.91. The maximum Gasteiger partial charge on any atom is 0.196 e. The van der Waals surface area contributed by atoms with E-state index in [1.54, 1.807) is 0 Å². The van der Waals surface area contributed by atoms with Gasteiger partial charge >= 0.3 is 0 Å². The fourth-order valence-corrected chi connectivity index (χ4v) is 4.06. The zero-order valence-electron chi connectivity index (χ0n) is 16.7. The van der Waals surface area contributed by atoms with Gasteiger partial charge in [0.15, 0.2) is 16.8 Å². The molecule has 1 aromatic heterocycles. The largest absolute Gasteiger partial charge is 0.293 e. The second-order valence-electron chi connectivity index (χ2n) is 6.99. The summed E-state index contributed by atoms with van der Waals surface area (Å²) in [4.78, 5) is 12.6. The molecule has 0 unspecified atom stereocenters. The smallest absolute Gasteiger partial charge is 0.196 e. The molecular weight excluding hydrogens is 414 g/mol. The number of carbonyl (C=O) groups is 1. The molecule has 0 bridgehead atoms. The molecule has 0 spiro atoms. The van der Waals surface area contributed by atoms with Crippen molar-refractivity contribution in [3.63, 3.8) is 0 Å². The number of hydrogen-bond acceptors (Lipinski definition) is 4. The van der Waals surface area contributed by atoms with Crippen LogP contribution in [-0.4, -0.2) is 26.3 Å². The summed E-state index contributed by atoms with van der Waals surface area (Å²) >= 11 is 7.44. The number of thioether (sulfide) groups is 1. The van der Waals surface area contributed by atoms with Gasteiger partial charge in [0.25, 0.3) is 0 Å². The van der Waals surface area contributed by atoms with Crippen molar-refractivity contribution in [1.29, 1.82) is 0 Å². The lowest BCUT2D eigenvalue weighted by atomic mass is 10.1. The van der Waals surface area contributed by atoms with E-state index < -0.39 is 0 Å². The van der Waals surface area contributed by atoms with Crippen LogP contribution in [-0.2, 0) is 0 Å². The Labute approximate surface area is 184 Å². The summed E-state index contributed by atoms with van der Waals surface area (Å²) in [6.45, 7) is 4.16. The lowest BCUT2D eigenvalue weighted by molar-refractivity contribution is 0.102. The minimum atomic E-state index is 0.0586. The third kappa shape index (κ3) is 4.32. The zero-order chi connectivity index (χ0) is 21.1. The number of nitrogens with zero attached hydrogens (tertiary/aromatic N) is 3. The summed E-state index contributed by atoms with van der Waals surface area (Å²) in [6.07, 6.45) is 0. The summed E-state index contributed by atoms with van der Waals surface area (Å²) in [7, 11) is 0. The van der Waals surface area contributed by atoms with Crippen LogP contribution in [0.15, 0.2) is 78.0 Å². The van der Waals surface area contributed by atoms with Crippen LogP contribution in [0.25, 0.3) is 17.1 Å². The van der Waals surface area contributed by atoms with Crippen molar-refractivity contribution in [2.75, 3.05) is 5.75 Å². The predicted molar refractivity (Wildman–Crippen MR) is 123 cm³/mol. The minimum Gasteiger partial charge on any atom is -0.293 e. The van der Waals surface area contributed by atoms with E-state index in [1.165, 1.54) is 22.9 Å². The first-order valence-corrected chi connectivity index (χ1v) is 10.9. The number of benzene rings is 3. The Balaban J connectivity index is 1.72. The molecular formula is C24H20ClN3OS. The average Bonchev–Trinajstić information content (AvgIpc) is 3.19. The molecule has 0 radical (unpaired) electrons. The van der Waals surface area contributed by atoms with E-state index >= 15 is 0 Å². The van der Waals surface area contributed by atoms with Crippen LogP contribution in [0, 0.1) is 13.8 Å². The van der Waals surface area contributed by atoms with Crippen LogP contribution >= 0.6 is 23.4 Å². The lowest BCUT2D eigenvalue weighted by Crippen LogP contribution is -2.05. The molecule has 1 heterocycles. The Bertz CT molecular complexity index is 1190. The number of hydrogen-bond donors (Lipinski definition) is 0. The standard InChI is InChI=1S/C24H20ClN3OS/c1-16-8-13-21(14-17(16)2)28-23(19-9-11-20(25)12-10-19)26-27-24(28)30-15-22(29)18-6-4-3-5-7-18/h3-14H,15H2,1-2H3. The quantitative estimate of drug-likeness (QED) is 0.269. The van der Waals surface area contributed by atoms with Gasteiger partial charge in [-0.15, -0.1) is 10.2 Å². The molecule has 0 fully saturated rings. The summed E-state index contributed by atoms with van der Waals surface area (Å²) in [5, 5.41) is 10.2. The number of rotatable bonds is 6. The predicted octanol–water partition coefficient (Wildman–Crippen LogP) is 6.18. The first-order valence-electron chi connectivity index (χ1n) is 9.53. The first kappa shape index (κ1) is 20.4. The number of ketones is 1. The molecule has 0 atom stereocenters. The van der Waals surface area contributed by atoms with Gasteiger partial charge in [-0.25, -0.2) is 0 Å². The number of halogens is 1. The molecule has 0 aliphatic heterocycles. The van der Waals surface area contributed by atoms with Gasteiger partial charge in [0.05, 0.1) is 11.4 Å². The average molecular weight is 434 g/mol. The van der Waals surface area contributed by atoms with Gasteiger partial charge in [-0.1, -0.05) is 59.8 Å². The summed E-state index contributed by atoms with van der Waals surface area (Å²) in [5.41, 5.74) is 4.96. The number of aryl methyl sites for hydroxylation is 2. The van der Waals surface area contributed by atoms with Crippen LogP contribution < -0.4 is 0 Å². The number of aromatic nitrogens is 3. The van der Waals surface area contributed by atoms with E-state index in [1.807, 2.05) is 65.2 Å². The van der Waals surface area contributed by atoms with Gasteiger partial charge in [0.2, 0.25) is 0 Å². The van der Waals surface area contributed by atoms with Crippen LogP contribution in [0.2, 0.25) is 5.02 Å². The van der Waals surface area contributed by atoms with Gasteiger partial charge in [-0.2, -0.15) is 0 Å². The number of Topliss-reactive ketones (excluding diaryl/α,β-unsaturated/α-hetero) is 1. The van der Waals surface area contributed by atoms with Crippen molar-refractivity contribution in [1.82, 2.24) is 14.8 Å². The van der Waals surface area contributed by atoms with Crippen molar-refractivity contribution in [3.05, 3.63) is 94.5 Å². The van der Waals surface area contributed by atoms with Gasteiger partial charge < -0.3 is 0 Å². The van der Waals surface area contributed by atoms with E-state index in [0.29, 0.717) is 21.6 Å². The van der Waals surface area contributed by atoms with Crippen molar-refractivity contribution in [2.24, 2.45) is 0 Å². The molecule has 4 rings (SSSR count). The second kappa shape index (κ2) is 8.86. The normalized spacial score (nSPS) is 10.9. The van der Waals surface area contributed by atoms with E-state index in [2.05, 4.69) is 36.2 Å². The molecule has 4 nitrogen and oxygen atoms in total. The van der Waals surface area contributed by atoms with Crippen LogP contribution in [0.1, 0.15) is 21.5 Å². The SMILES string of the molecule is Cc1ccc(-n2c(SCC(=O)c3ccccc3)nnc2-c2ccc(Cl)cc2)cc1C. The zero-order valence-corrected chi connectivity index (χ0v) is 18.2. The van der Waals surface area contributed by atoms with Crippen LogP contribution in [0.3, 0.4) is 0 Å². The molecule has 150 valence electrons. The fraction of sp³-hybridized carbons (Fsp3) is 0.125. The molecule has 4 aromatic rings. The van der Waals surface area contributed by atoms with Crippen molar-refractivity contribution >= 4 is 29.1 Å². The summed E-state index contributed by atoms with van der Waals surface area (Å²) in [6, 6.07) is 23.1. The molecule has 30 heavy (non-hydrogen) atoms. The monoisotopic (exact) mass is 433 g/mol. The third-order valence-corrected chi connectivity index (χ3v) is 6.09. The number of carbonyl (C=O) groups excluding carboxylic acids is 1. The lowest BCUT2D eigenvalue weighted by Gasteiger charge is -2.12. The summed E-state index contributed by atoms with van der Waals surface area (Å²) in [5.74, 6) is 1.06.